The zero-order valence-corrected chi connectivity index (χ0v) is 9.14. The predicted molar refractivity (Wildman–Crippen MR) is 54.7 cm³/mol. The molecule has 1 aliphatic rings. The molecule has 0 amide bonds. The molecule has 18 heavy (non-hydrogen) atoms. The van der Waals surface area contributed by atoms with Crippen molar-refractivity contribution >= 4 is 11.7 Å². The summed E-state index contributed by atoms with van der Waals surface area (Å²) in [6.45, 7) is 0.554. The van der Waals surface area contributed by atoms with Gasteiger partial charge in [-0.05, 0) is 12.8 Å². The molecule has 0 aliphatic carbocycles. The summed E-state index contributed by atoms with van der Waals surface area (Å²) in [7, 11) is 0. The van der Waals surface area contributed by atoms with Gasteiger partial charge < -0.3 is 10.0 Å². The summed E-state index contributed by atoms with van der Waals surface area (Å²) in [4.78, 5) is 11.7. The number of hydrogen-bond acceptors (Lipinski definition) is 2. The van der Waals surface area contributed by atoms with Gasteiger partial charge >= 0.3 is 5.97 Å². The molecule has 0 saturated carbocycles. The topological polar surface area (TPSA) is 40.5 Å². The molecule has 1 aromatic rings. The molecule has 1 N–H and O–H groups in total. The number of anilines is 1. The van der Waals surface area contributed by atoms with Crippen LogP contribution in [0.4, 0.5) is 23.2 Å². The van der Waals surface area contributed by atoms with Gasteiger partial charge in [0.25, 0.3) is 0 Å². The Balaban J connectivity index is 2.65. The van der Waals surface area contributed by atoms with Crippen LogP contribution in [-0.4, -0.2) is 24.2 Å². The second-order valence-electron chi connectivity index (χ2n) is 3.98. The van der Waals surface area contributed by atoms with E-state index in [0.29, 0.717) is 12.8 Å². The Kier molecular flexibility index (Phi) is 3.14. The molecule has 3 nitrogen and oxygen atoms in total. The molecular weight excluding hydrogens is 254 g/mol. The largest absolute Gasteiger partial charge is 0.477 e. The molecule has 1 saturated heterocycles. The Hall–Kier alpha value is -1.79. The van der Waals surface area contributed by atoms with E-state index in [4.69, 9.17) is 5.11 Å². The van der Waals surface area contributed by atoms with Gasteiger partial charge in [0.15, 0.2) is 23.3 Å². The van der Waals surface area contributed by atoms with Crippen LogP contribution in [0.2, 0.25) is 0 Å². The van der Waals surface area contributed by atoms with Crippen molar-refractivity contribution < 1.29 is 27.5 Å². The van der Waals surface area contributed by atoms with E-state index in [2.05, 4.69) is 0 Å². The molecule has 0 spiro atoms. The summed E-state index contributed by atoms with van der Waals surface area (Å²) in [6, 6.07) is 0. The number of benzene rings is 1. The highest BCUT2D eigenvalue weighted by Gasteiger charge is 2.32. The zero-order chi connectivity index (χ0) is 13.4. The molecular formula is C11H9F4NO2. The highest BCUT2D eigenvalue weighted by Crippen LogP contribution is 2.32. The standard InChI is InChI=1S/C11H9F4NO2/c12-6-5(11(17)18)7(13)9(15)10(8(6)14)16-3-1-2-4-16/h1-4H2,(H,17,18). The first-order valence-corrected chi connectivity index (χ1v) is 5.29. The Morgan fingerprint density at radius 3 is 1.78 bits per heavy atom. The fraction of sp³-hybridized carbons (Fsp3) is 0.364. The van der Waals surface area contributed by atoms with Crippen LogP contribution in [0.5, 0.6) is 0 Å². The van der Waals surface area contributed by atoms with Crippen molar-refractivity contribution in [3.05, 3.63) is 28.8 Å². The van der Waals surface area contributed by atoms with E-state index >= 15 is 0 Å². The summed E-state index contributed by atoms with van der Waals surface area (Å²) in [5.74, 6) is -9.11. The van der Waals surface area contributed by atoms with E-state index < -0.39 is 40.5 Å². The maximum absolute atomic E-state index is 13.6. The third kappa shape index (κ3) is 1.79. The maximum atomic E-state index is 13.6. The van der Waals surface area contributed by atoms with Crippen LogP contribution in [0.1, 0.15) is 23.2 Å². The average Bonchev–Trinajstić information content (AvgIpc) is 2.80. The number of carbonyl (C=O) groups is 1. The van der Waals surface area contributed by atoms with Gasteiger partial charge in [0.1, 0.15) is 11.3 Å². The number of carboxylic acids is 1. The maximum Gasteiger partial charge on any atom is 0.341 e. The number of rotatable bonds is 2. The summed E-state index contributed by atoms with van der Waals surface area (Å²) >= 11 is 0. The number of halogens is 4. The normalized spacial score (nSPS) is 15.2. The fourth-order valence-electron chi connectivity index (χ4n) is 2.03. The molecule has 1 heterocycles. The molecule has 0 aromatic heterocycles. The lowest BCUT2D eigenvalue weighted by Gasteiger charge is -2.20. The van der Waals surface area contributed by atoms with Crippen LogP contribution in [0.25, 0.3) is 0 Å². The Bertz CT molecular complexity index is 483. The van der Waals surface area contributed by atoms with Gasteiger partial charge in [0, 0.05) is 13.1 Å². The van der Waals surface area contributed by atoms with Crippen molar-refractivity contribution in [2.45, 2.75) is 12.8 Å². The molecule has 2 rings (SSSR count). The van der Waals surface area contributed by atoms with Crippen LogP contribution in [-0.2, 0) is 0 Å². The van der Waals surface area contributed by atoms with Gasteiger partial charge in [-0.1, -0.05) is 0 Å². The minimum Gasteiger partial charge on any atom is -0.477 e. The first-order valence-electron chi connectivity index (χ1n) is 5.29. The van der Waals surface area contributed by atoms with E-state index in [1.165, 1.54) is 4.90 Å². The van der Waals surface area contributed by atoms with Crippen LogP contribution in [0.15, 0.2) is 0 Å². The van der Waals surface area contributed by atoms with Crippen LogP contribution in [0, 0.1) is 23.3 Å². The molecule has 98 valence electrons. The number of hydrogen-bond donors (Lipinski definition) is 1. The molecule has 1 aromatic carbocycles. The van der Waals surface area contributed by atoms with Crippen molar-refractivity contribution in [3.63, 3.8) is 0 Å². The van der Waals surface area contributed by atoms with E-state index in [-0.39, 0.29) is 13.1 Å². The molecule has 1 fully saturated rings. The molecule has 7 heteroatoms. The minimum absolute atomic E-state index is 0.277. The third-order valence-electron chi connectivity index (χ3n) is 2.88. The fourth-order valence-corrected chi connectivity index (χ4v) is 2.03. The summed E-state index contributed by atoms with van der Waals surface area (Å²) in [5, 5.41) is 8.52. The van der Waals surface area contributed by atoms with Crippen molar-refractivity contribution in [2.24, 2.45) is 0 Å². The quantitative estimate of drug-likeness (QED) is 0.658. The van der Waals surface area contributed by atoms with E-state index in [0.717, 1.165) is 0 Å². The second kappa shape index (κ2) is 4.47. The number of carboxylic acid groups (broad SMARTS) is 1. The van der Waals surface area contributed by atoms with Gasteiger partial charge in [-0.15, -0.1) is 0 Å². The smallest absolute Gasteiger partial charge is 0.341 e. The average molecular weight is 263 g/mol. The van der Waals surface area contributed by atoms with Crippen LogP contribution < -0.4 is 4.90 Å². The van der Waals surface area contributed by atoms with Crippen molar-refractivity contribution in [3.8, 4) is 0 Å². The third-order valence-corrected chi connectivity index (χ3v) is 2.88. The SMILES string of the molecule is O=C(O)c1c(F)c(F)c(N2CCCC2)c(F)c1F. The highest BCUT2D eigenvalue weighted by molar-refractivity contribution is 5.89. The van der Waals surface area contributed by atoms with E-state index in [1.54, 1.807) is 0 Å². The Labute approximate surface area is 99.6 Å². The summed E-state index contributed by atoms with van der Waals surface area (Å²) < 4.78 is 54.1. The van der Waals surface area contributed by atoms with E-state index in [1.807, 2.05) is 0 Å². The van der Waals surface area contributed by atoms with E-state index in [9.17, 15) is 22.4 Å². The summed E-state index contributed by atoms with van der Waals surface area (Å²) in [6.07, 6.45) is 1.31. The lowest BCUT2D eigenvalue weighted by atomic mass is 10.1. The van der Waals surface area contributed by atoms with Crippen molar-refractivity contribution in [1.82, 2.24) is 0 Å². The van der Waals surface area contributed by atoms with Crippen molar-refractivity contribution in [2.75, 3.05) is 18.0 Å². The van der Waals surface area contributed by atoms with Gasteiger partial charge in [-0.2, -0.15) is 0 Å². The minimum atomic E-state index is -2.05. The molecule has 0 atom stereocenters. The van der Waals surface area contributed by atoms with Gasteiger partial charge in [0.05, 0.1) is 0 Å². The zero-order valence-electron chi connectivity index (χ0n) is 9.14. The first kappa shape index (κ1) is 12.7. The van der Waals surface area contributed by atoms with Crippen LogP contribution in [0.3, 0.4) is 0 Å². The number of nitrogens with zero attached hydrogens (tertiary/aromatic N) is 1. The molecule has 0 unspecified atom stereocenters. The van der Waals surface area contributed by atoms with Crippen molar-refractivity contribution in [1.29, 1.82) is 0 Å². The molecule has 0 bridgehead atoms. The molecule has 0 radical (unpaired) electrons. The Morgan fingerprint density at radius 1 is 0.944 bits per heavy atom. The van der Waals surface area contributed by atoms with Gasteiger partial charge in [0.2, 0.25) is 0 Å². The first-order chi connectivity index (χ1) is 8.45. The monoisotopic (exact) mass is 263 g/mol. The lowest BCUT2D eigenvalue weighted by molar-refractivity contribution is 0.0683. The molecule has 1 aliphatic heterocycles. The highest BCUT2D eigenvalue weighted by atomic mass is 19.2. The van der Waals surface area contributed by atoms with Gasteiger partial charge in [-0.25, -0.2) is 22.4 Å². The lowest BCUT2D eigenvalue weighted by Crippen LogP contribution is -2.23. The summed E-state index contributed by atoms with van der Waals surface area (Å²) in [5.41, 5.74) is -2.43. The predicted octanol–water partition coefficient (Wildman–Crippen LogP) is 2.54. The van der Waals surface area contributed by atoms with Crippen LogP contribution >= 0.6 is 0 Å². The van der Waals surface area contributed by atoms with Gasteiger partial charge in [-0.3, -0.25) is 0 Å². The Morgan fingerprint density at radius 2 is 1.39 bits per heavy atom. The number of aromatic carboxylic acids is 1. The second-order valence-corrected chi connectivity index (χ2v) is 3.98.